The molecule has 2 heterocycles. The number of carbonyl (C=O) groups is 1. The molecule has 1 N–H and O–H groups in total. The van der Waals surface area contributed by atoms with E-state index in [0.717, 1.165) is 31.7 Å². The number of aromatic nitrogens is 2. The largest absolute Gasteiger partial charge is 0.444 e. The van der Waals surface area contributed by atoms with Gasteiger partial charge in [-0.05, 0) is 45.4 Å². The van der Waals surface area contributed by atoms with Gasteiger partial charge in [0.05, 0.1) is 0 Å². The lowest BCUT2D eigenvalue weighted by Crippen LogP contribution is -2.53. The number of ether oxygens (including phenoxy) is 1. The summed E-state index contributed by atoms with van der Waals surface area (Å²) in [6.45, 7) is 7.36. The van der Waals surface area contributed by atoms with E-state index in [1.54, 1.807) is 6.07 Å². The number of hydrogen-bond acceptors (Lipinski definition) is 5. The summed E-state index contributed by atoms with van der Waals surface area (Å²) in [5, 5.41) is 3.53. The minimum Gasteiger partial charge on any atom is -0.444 e. The van der Waals surface area contributed by atoms with Crippen LogP contribution in [0.15, 0.2) is 12.4 Å². The Bertz CT molecular complexity index is 576. The van der Waals surface area contributed by atoms with E-state index in [2.05, 4.69) is 20.2 Å². The highest BCUT2D eigenvalue weighted by molar-refractivity contribution is 6.29. The number of fused-ring (bicyclic) bond motifs is 2. The van der Waals surface area contributed by atoms with Crippen molar-refractivity contribution < 1.29 is 9.53 Å². The zero-order valence-corrected chi connectivity index (χ0v) is 14.5. The minimum absolute atomic E-state index is 0.179. The Kier molecular flexibility index (Phi) is 4.36. The van der Waals surface area contributed by atoms with Crippen molar-refractivity contribution in [3.8, 4) is 0 Å². The Hall–Kier alpha value is -1.56. The number of piperidine rings is 1. The van der Waals surface area contributed by atoms with E-state index in [4.69, 9.17) is 16.3 Å². The number of nitrogens with zero attached hydrogens (tertiary/aromatic N) is 3. The standard InChI is InChI=1S/C16H23ClN4O2/c1-16(2,3)23-15(22)20-14-10-4-5-11(14)8-21(7-10)13-6-12(17)18-9-19-13/h6,9-11,14H,4-5,7-8H2,1-3H3,(H,20,22)/t10-,11+,14+. The fourth-order valence-corrected chi connectivity index (χ4v) is 3.73. The second-order valence-electron chi connectivity index (χ2n) is 7.37. The van der Waals surface area contributed by atoms with Crippen LogP contribution in [0.4, 0.5) is 10.6 Å². The quantitative estimate of drug-likeness (QED) is 0.840. The fraction of sp³-hybridized carbons (Fsp3) is 0.688. The number of alkyl carbamates (subject to hydrolysis) is 1. The van der Waals surface area contributed by atoms with Crippen molar-refractivity contribution in [3.05, 3.63) is 17.5 Å². The molecule has 1 aromatic heterocycles. The molecule has 0 spiro atoms. The lowest BCUT2D eigenvalue weighted by atomic mass is 9.92. The molecule has 3 rings (SSSR count). The third-order valence-electron chi connectivity index (χ3n) is 4.46. The molecule has 0 radical (unpaired) electrons. The minimum atomic E-state index is -0.471. The lowest BCUT2D eigenvalue weighted by Gasteiger charge is -2.39. The van der Waals surface area contributed by atoms with Crippen LogP contribution < -0.4 is 10.2 Å². The first-order valence-corrected chi connectivity index (χ1v) is 8.41. The summed E-state index contributed by atoms with van der Waals surface area (Å²) >= 11 is 5.96. The summed E-state index contributed by atoms with van der Waals surface area (Å²) in [7, 11) is 0. The molecule has 126 valence electrons. The SMILES string of the molecule is CC(C)(C)OC(=O)N[C@H]1[C@@H]2CC[C@H]1CN(c1cc(Cl)ncn1)C2. The van der Waals surface area contributed by atoms with Gasteiger partial charge < -0.3 is 15.0 Å². The van der Waals surface area contributed by atoms with E-state index in [1.807, 2.05) is 20.8 Å². The molecule has 1 aromatic rings. The Morgan fingerprint density at radius 1 is 1.30 bits per heavy atom. The molecule has 2 fully saturated rings. The first-order chi connectivity index (χ1) is 10.8. The van der Waals surface area contributed by atoms with Crippen molar-refractivity contribution in [2.45, 2.75) is 45.3 Å². The summed E-state index contributed by atoms with van der Waals surface area (Å²) in [4.78, 5) is 22.5. The van der Waals surface area contributed by atoms with E-state index < -0.39 is 5.60 Å². The molecule has 2 aliphatic rings. The van der Waals surface area contributed by atoms with Gasteiger partial charge in [-0.25, -0.2) is 14.8 Å². The third kappa shape index (κ3) is 3.86. The summed E-state index contributed by atoms with van der Waals surface area (Å²) in [5.74, 6) is 1.68. The first kappa shape index (κ1) is 16.3. The molecular weight excluding hydrogens is 316 g/mol. The van der Waals surface area contributed by atoms with Crippen LogP contribution in [0.5, 0.6) is 0 Å². The van der Waals surface area contributed by atoms with Crippen LogP contribution in [0.25, 0.3) is 0 Å². The lowest BCUT2D eigenvalue weighted by molar-refractivity contribution is 0.0472. The first-order valence-electron chi connectivity index (χ1n) is 8.04. The van der Waals surface area contributed by atoms with Crippen molar-refractivity contribution in [1.29, 1.82) is 0 Å². The zero-order chi connectivity index (χ0) is 16.6. The molecule has 23 heavy (non-hydrogen) atoms. The van der Waals surface area contributed by atoms with Gasteiger partial charge in [0.1, 0.15) is 22.9 Å². The van der Waals surface area contributed by atoms with E-state index in [9.17, 15) is 4.79 Å². The van der Waals surface area contributed by atoms with Gasteiger partial charge >= 0.3 is 6.09 Å². The topological polar surface area (TPSA) is 67.3 Å². The fourth-order valence-electron chi connectivity index (χ4n) is 3.59. The Balaban J connectivity index is 1.64. The molecule has 0 unspecified atom stereocenters. The predicted octanol–water partition coefficient (Wildman–Crippen LogP) is 2.87. The van der Waals surface area contributed by atoms with E-state index in [1.165, 1.54) is 6.33 Å². The maximum absolute atomic E-state index is 12.1. The summed E-state index contributed by atoms with van der Waals surface area (Å²) in [5.41, 5.74) is -0.471. The molecule has 7 heteroatoms. The Morgan fingerprint density at radius 2 is 1.96 bits per heavy atom. The highest BCUT2D eigenvalue weighted by atomic mass is 35.5. The second kappa shape index (κ2) is 6.15. The van der Waals surface area contributed by atoms with Gasteiger partial charge in [0.15, 0.2) is 0 Å². The van der Waals surface area contributed by atoms with Crippen molar-refractivity contribution in [2.24, 2.45) is 11.8 Å². The highest BCUT2D eigenvalue weighted by Crippen LogP contribution is 2.38. The number of anilines is 1. The van der Waals surface area contributed by atoms with Crippen molar-refractivity contribution in [3.63, 3.8) is 0 Å². The van der Waals surface area contributed by atoms with Crippen LogP contribution in [-0.4, -0.2) is 40.8 Å². The molecule has 0 aromatic carbocycles. The van der Waals surface area contributed by atoms with Gasteiger partial charge in [0.2, 0.25) is 0 Å². The van der Waals surface area contributed by atoms with E-state index in [-0.39, 0.29) is 12.1 Å². The van der Waals surface area contributed by atoms with E-state index in [0.29, 0.717) is 17.0 Å². The number of carbonyl (C=O) groups excluding carboxylic acids is 1. The van der Waals surface area contributed by atoms with Gasteiger partial charge in [-0.3, -0.25) is 0 Å². The molecule has 2 bridgehead atoms. The van der Waals surface area contributed by atoms with Crippen LogP contribution >= 0.6 is 11.6 Å². The molecule has 3 atom stereocenters. The Labute approximate surface area is 141 Å². The van der Waals surface area contributed by atoms with Crippen LogP contribution in [0.3, 0.4) is 0 Å². The third-order valence-corrected chi connectivity index (χ3v) is 4.67. The number of nitrogens with one attached hydrogen (secondary N) is 1. The Morgan fingerprint density at radius 3 is 2.52 bits per heavy atom. The number of hydrogen-bond donors (Lipinski definition) is 1. The van der Waals surface area contributed by atoms with Crippen molar-refractivity contribution >= 4 is 23.5 Å². The van der Waals surface area contributed by atoms with Crippen LogP contribution in [0, 0.1) is 11.8 Å². The molecule has 6 nitrogen and oxygen atoms in total. The second-order valence-corrected chi connectivity index (χ2v) is 7.76. The number of amides is 1. The molecule has 1 amide bonds. The van der Waals surface area contributed by atoms with Gasteiger partial charge in [0, 0.05) is 25.2 Å². The average Bonchev–Trinajstić information content (AvgIpc) is 2.68. The van der Waals surface area contributed by atoms with Crippen LogP contribution in [0.2, 0.25) is 5.15 Å². The number of halogens is 1. The van der Waals surface area contributed by atoms with E-state index >= 15 is 0 Å². The van der Waals surface area contributed by atoms with Gasteiger partial charge in [-0.1, -0.05) is 11.6 Å². The summed E-state index contributed by atoms with van der Waals surface area (Å²) in [6, 6.07) is 1.97. The summed E-state index contributed by atoms with van der Waals surface area (Å²) < 4.78 is 5.39. The number of rotatable bonds is 2. The van der Waals surface area contributed by atoms with Gasteiger partial charge in [0.25, 0.3) is 0 Å². The maximum atomic E-state index is 12.1. The maximum Gasteiger partial charge on any atom is 0.407 e. The molecule has 1 saturated carbocycles. The average molecular weight is 339 g/mol. The smallest absolute Gasteiger partial charge is 0.407 e. The van der Waals surface area contributed by atoms with Crippen LogP contribution in [-0.2, 0) is 4.74 Å². The van der Waals surface area contributed by atoms with Crippen LogP contribution in [0.1, 0.15) is 33.6 Å². The van der Waals surface area contributed by atoms with Gasteiger partial charge in [-0.2, -0.15) is 0 Å². The molecular formula is C16H23ClN4O2. The molecule has 1 saturated heterocycles. The molecule has 1 aliphatic heterocycles. The normalized spacial score (nSPS) is 27.0. The monoisotopic (exact) mass is 338 g/mol. The highest BCUT2D eigenvalue weighted by Gasteiger charge is 2.43. The van der Waals surface area contributed by atoms with Crippen molar-refractivity contribution in [1.82, 2.24) is 15.3 Å². The predicted molar refractivity (Wildman–Crippen MR) is 88.6 cm³/mol. The summed E-state index contributed by atoms with van der Waals surface area (Å²) in [6.07, 6.45) is 3.39. The molecule has 1 aliphatic carbocycles. The van der Waals surface area contributed by atoms with Gasteiger partial charge in [-0.15, -0.1) is 0 Å². The van der Waals surface area contributed by atoms with Crippen molar-refractivity contribution in [2.75, 3.05) is 18.0 Å². The zero-order valence-electron chi connectivity index (χ0n) is 13.8.